The van der Waals surface area contributed by atoms with Crippen LogP contribution in [0.2, 0.25) is 0 Å². The van der Waals surface area contributed by atoms with Crippen LogP contribution in [0.15, 0.2) is 54.1 Å². The van der Waals surface area contributed by atoms with E-state index in [4.69, 9.17) is 9.47 Å². The van der Waals surface area contributed by atoms with E-state index in [1.807, 2.05) is 32.0 Å². The van der Waals surface area contributed by atoms with Crippen molar-refractivity contribution in [1.82, 2.24) is 0 Å². The summed E-state index contributed by atoms with van der Waals surface area (Å²) in [7, 11) is 0. The topological polar surface area (TPSA) is 105 Å². The number of nitriles is 1. The Kier molecular flexibility index (Phi) is 8.18. The zero-order valence-corrected chi connectivity index (χ0v) is 20.6. The number of hydrogen-bond donors (Lipinski definition) is 1. The zero-order valence-electron chi connectivity index (χ0n) is 19.8. The van der Waals surface area contributed by atoms with E-state index >= 15 is 0 Å². The van der Waals surface area contributed by atoms with E-state index in [9.17, 15) is 19.6 Å². The first-order valence-corrected chi connectivity index (χ1v) is 11.6. The molecule has 0 spiro atoms. The highest BCUT2D eigenvalue weighted by Gasteiger charge is 2.23. The minimum absolute atomic E-state index is 0.145. The number of carbonyl (C=O) groups excluding carboxylic acids is 3. The van der Waals surface area contributed by atoms with Crippen molar-refractivity contribution in [2.45, 2.75) is 27.7 Å². The van der Waals surface area contributed by atoms with Gasteiger partial charge >= 0.3 is 11.9 Å². The van der Waals surface area contributed by atoms with Gasteiger partial charge in [0.25, 0.3) is 5.91 Å². The molecule has 7 nitrogen and oxygen atoms in total. The van der Waals surface area contributed by atoms with Crippen LogP contribution in [-0.2, 0) is 9.53 Å². The van der Waals surface area contributed by atoms with Crippen LogP contribution >= 0.6 is 11.3 Å². The van der Waals surface area contributed by atoms with Crippen molar-refractivity contribution >= 4 is 40.3 Å². The van der Waals surface area contributed by atoms with Crippen molar-refractivity contribution in [1.29, 1.82) is 5.26 Å². The number of benzene rings is 2. The second kappa shape index (κ2) is 11.3. The molecule has 0 fully saturated rings. The second-order valence-electron chi connectivity index (χ2n) is 7.66. The summed E-state index contributed by atoms with van der Waals surface area (Å²) in [5, 5.41) is 12.5. The number of nitrogens with zero attached hydrogens (tertiary/aromatic N) is 1. The lowest BCUT2D eigenvalue weighted by Crippen LogP contribution is -2.16. The highest BCUT2D eigenvalue weighted by Crippen LogP contribution is 2.33. The maximum atomic E-state index is 12.8. The Morgan fingerprint density at radius 2 is 1.66 bits per heavy atom. The summed E-state index contributed by atoms with van der Waals surface area (Å²) in [5.41, 5.74) is 2.91. The molecular formula is C27H24N2O5S. The highest BCUT2D eigenvalue weighted by atomic mass is 32.1. The number of aryl methyl sites for hydroxylation is 2. The number of rotatable bonds is 7. The van der Waals surface area contributed by atoms with Crippen molar-refractivity contribution in [3.8, 4) is 11.8 Å². The number of anilines is 1. The molecule has 1 heterocycles. The third kappa shape index (κ3) is 6.22. The fourth-order valence-corrected chi connectivity index (χ4v) is 4.18. The van der Waals surface area contributed by atoms with Gasteiger partial charge in [0.15, 0.2) is 0 Å². The first-order chi connectivity index (χ1) is 16.7. The van der Waals surface area contributed by atoms with Gasteiger partial charge in [-0.2, -0.15) is 5.26 Å². The summed E-state index contributed by atoms with van der Waals surface area (Å²) in [4.78, 5) is 38.3. The predicted molar refractivity (Wildman–Crippen MR) is 135 cm³/mol. The van der Waals surface area contributed by atoms with Gasteiger partial charge in [0.2, 0.25) is 0 Å². The molecule has 0 aliphatic carbocycles. The zero-order chi connectivity index (χ0) is 25.5. The molecule has 2 aromatic carbocycles. The molecule has 1 amide bonds. The molecule has 0 aliphatic heterocycles. The molecule has 0 aliphatic rings. The van der Waals surface area contributed by atoms with Gasteiger partial charge in [-0.3, -0.25) is 4.79 Å². The van der Waals surface area contributed by atoms with E-state index in [-0.39, 0.29) is 12.2 Å². The lowest BCUT2D eigenvalue weighted by Gasteiger charge is -2.07. The average Bonchev–Trinajstić information content (AvgIpc) is 3.11. The van der Waals surface area contributed by atoms with Gasteiger partial charge < -0.3 is 14.8 Å². The van der Waals surface area contributed by atoms with Crippen LogP contribution < -0.4 is 10.1 Å². The van der Waals surface area contributed by atoms with Crippen LogP contribution in [0.1, 0.15) is 49.2 Å². The molecule has 1 N–H and O–H groups in total. The SMILES string of the molecule is CCOC(=O)c1c(NC(=O)/C(C#N)=C/c2ccc(OC(=O)c3ccc(C)cc3)cc2)sc(C)c1C. The number of esters is 2. The Morgan fingerprint density at radius 1 is 1.00 bits per heavy atom. The molecule has 0 bridgehead atoms. The summed E-state index contributed by atoms with van der Waals surface area (Å²) in [6, 6.07) is 15.3. The third-order valence-corrected chi connectivity index (χ3v) is 6.27. The van der Waals surface area contributed by atoms with Crippen LogP contribution in [0, 0.1) is 32.1 Å². The van der Waals surface area contributed by atoms with E-state index in [0.29, 0.717) is 27.4 Å². The maximum Gasteiger partial charge on any atom is 0.343 e. The quantitative estimate of drug-likeness (QED) is 0.200. The van der Waals surface area contributed by atoms with Gasteiger partial charge in [-0.25, -0.2) is 9.59 Å². The molecule has 35 heavy (non-hydrogen) atoms. The van der Waals surface area contributed by atoms with Crippen molar-refractivity contribution in [2.24, 2.45) is 0 Å². The van der Waals surface area contributed by atoms with Crippen LogP contribution in [0.5, 0.6) is 5.75 Å². The molecular weight excluding hydrogens is 464 g/mol. The average molecular weight is 489 g/mol. The molecule has 0 saturated heterocycles. The fraction of sp³-hybridized carbons (Fsp3) is 0.185. The molecule has 0 radical (unpaired) electrons. The Hall–Kier alpha value is -4.22. The van der Waals surface area contributed by atoms with Crippen LogP contribution in [0.3, 0.4) is 0 Å². The summed E-state index contributed by atoms with van der Waals surface area (Å²) < 4.78 is 10.5. The number of thiophene rings is 1. The minimum atomic E-state index is -0.644. The standard InChI is InChI=1S/C27H24N2O5S/c1-5-33-27(32)23-17(3)18(4)35-25(23)29-24(30)21(15-28)14-19-8-12-22(13-9-19)34-26(31)20-10-6-16(2)7-11-20/h6-14H,5H2,1-4H3,(H,29,30)/b21-14+. The molecule has 3 aromatic rings. The number of hydrogen-bond acceptors (Lipinski definition) is 7. The molecule has 0 saturated carbocycles. The third-order valence-electron chi connectivity index (χ3n) is 5.15. The number of ether oxygens (including phenoxy) is 2. The largest absolute Gasteiger partial charge is 0.462 e. The van der Waals surface area contributed by atoms with E-state index in [0.717, 1.165) is 16.0 Å². The van der Waals surface area contributed by atoms with Gasteiger partial charge in [0, 0.05) is 4.88 Å². The van der Waals surface area contributed by atoms with Gasteiger partial charge in [-0.1, -0.05) is 29.8 Å². The van der Waals surface area contributed by atoms with E-state index in [2.05, 4.69) is 5.32 Å². The monoisotopic (exact) mass is 488 g/mol. The van der Waals surface area contributed by atoms with Crippen molar-refractivity contribution in [3.05, 3.63) is 86.8 Å². The number of carbonyl (C=O) groups is 3. The van der Waals surface area contributed by atoms with E-state index in [1.165, 1.54) is 17.4 Å². The summed E-state index contributed by atoms with van der Waals surface area (Å²) in [6.07, 6.45) is 1.41. The number of amides is 1. The van der Waals surface area contributed by atoms with E-state index in [1.54, 1.807) is 50.2 Å². The normalized spacial score (nSPS) is 10.9. The molecule has 0 unspecified atom stereocenters. The van der Waals surface area contributed by atoms with Crippen molar-refractivity contribution in [3.63, 3.8) is 0 Å². The Labute approximate surface area is 207 Å². The van der Waals surface area contributed by atoms with Crippen LogP contribution in [0.25, 0.3) is 6.08 Å². The van der Waals surface area contributed by atoms with Gasteiger partial charge in [0.05, 0.1) is 17.7 Å². The maximum absolute atomic E-state index is 12.8. The van der Waals surface area contributed by atoms with Gasteiger partial charge in [-0.15, -0.1) is 11.3 Å². The lowest BCUT2D eigenvalue weighted by molar-refractivity contribution is -0.112. The summed E-state index contributed by atoms with van der Waals surface area (Å²) >= 11 is 1.25. The molecule has 8 heteroatoms. The lowest BCUT2D eigenvalue weighted by atomic mass is 10.1. The van der Waals surface area contributed by atoms with Crippen molar-refractivity contribution in [2.75, 3.05) is 11.9 Å². The Morgan fingerprint density at radius 3 is 2.26 bits per heavy atom. The van der Waals surface area contributed by atoms with Crippen LogP contribution in [0.4, 0.5) is 5.00 Å². The smallest absolute Gasteiger partial charge is 0.343 e. The summed E-state index contributed by atoms with van der Waals surface area (Å²) in [6.45, 7) is 7.46. The first kappa shape index (κ1) is 25.4. The highest BCUT2D eigenvalue weighted by molar-refractivity contribution is 7.16. The summed E-state index contributed by atoms with van der Waals surface area (Å²) in [5.74, 6) is -1.32. The number of nitrogens with one attached hydrogen (secondary N) is 1. The van der Waals surface area contributed by atoms with Crippen molar-refractivity contribution < 1.29 is 23.9 Å². The van der Waals surface area contributed by atoms with E-state index < -0.39 is 17.8 Å². The molecule has 0 atom stereocenters. The second-order valence-corrected chi connectivity index (χ2v) is 8.88. The molecule has 178 valence electrons. The van der Waals surface area contributed by atoms with Gasteiger partial charge in [-0.05, 0) is 69.2 Å². The predicted octanol–water partition coefficient (Wildman–Crippen LogP) is 5.61. The van der Waals surface area contributed by atoms with Gasteiger partial charge in [0.1, 0.15) is 22.4 Å². The minimum Gasteiger partial charge on any atom is -0.462 e. The fourth-order valence-electron chi connectivity index (χ4n) is 3.14. The Balaban J connectivity index is 1.74. The molecule has 3 rings (SSSR count). The first-order valence-electron chi connectivity index (χ1n) is 10.8. The Bertz CT molecular complexity index is 1330. The molecule has 1 aromatic heterocycles. The van der Waals surface area contributed by atoms with Crippen LogP contribution in [-0.4, -0.2) is 24.5 Å².